The lowest BCUT2D eigenvalue weighted by atomic mass is 10.2. The van der Waals surface area contributed by atoms with Crippen LogP contribution in [-0.2, 0) is 9.53 Å². The zero-order valence-corrected chi connectivity index (χ0v) is 11.6. The normalized spacial score (nSPS) is 22.0. The van der Waals surface area contributed by atoms with Gasteiger partial charge < -0.3 is 19.7 Å². The summed E-state index contributed by atoms with van der Waals surface area (Å²) in [5.74, 6) is 0.162. The lowest BCUT2D eigenvalue weighted by molar-refractivity contribution is -0.123. The van der Waals surface area contributed by atoms with Gasteiger partial charge in [-0.3, -0.25) is 9.59 Å². The van der Waals surface area contributed by atoms with Crippen molar-refractivity contribution in [2.24, 2.45) is 0 Å². The third-order valence-electron chi connectivity index (χ3n) is 3.48. The first kappa shape index (κ1) is 13.8. The second kappa shape index (κ2) is 6.09. The van der Waals surface area contributed by atoms with Crippen molar-refractivity contribution in [1.29, 1.82) is 0 Å². The Morgan fingerprint density at radius 2 is 2.38 bits per heavy atom. The van der Waals surface area contributed by atoms with Crippen LogP contribution in [0, 0.1) is 0 Å². The molecule has 0 saturated carbocycles. The average molecular weight is 291 g/mol. The van der Waals surface area contributed by atoms with E-state index in [-0.39, 0.29) is 24.5 Å². The van der Waals surface area contributed by atoms with Gasteiger partial charge in [0.05, 0.1) is 25.3 Å². The third-order valence-corrected chi connectivity index (χ3v) is 3.48. The molecule has 7 nitrogen and oxygen atoms in total. The number of rotatable bonds is 3. The van der Waals surface area contributed by atoms with Crippen LogP contribution in [0.3, 0.4) is 0 Å². The Hall–Kier alpha value is -2.15. The molecule has 1 atom stereocenters. The minimum absolute atomic E-state index is 0.0323. The van der Waals surface area contributed by atoms with Crippen LogP contribution < -0.4 is 10.1 Å². The average Bonchev–Trinajstić information content (AvgIpc) is 3.00. The molecule has 7 heteroatoms. The highest BCUT2D eigenvalue weighted by Crippen LogP contribution is 2.15. The summed E-state index contributed by atoms with van der Waals surface area (Å²) in [6.07, 6.45) is 2.37. The molecule has 1 N–H and O–H groups in total. The molecule has 2 saturated heterocycles. The van der Waals surface area contributed by atoms with E-state index in [1.165, 1.54) is 11.1 Å². The van der Waals surface area contributed by atoms with E-state index in [0.717, 1.165) is 6.42 Å². The summed E-state index contributed by atoms with van der Waals surface area (Å²) in [7, 11) is 0. The molecule has 1 aromatic heterocycles. The summed E-state index contributed by atoms with van der Waals surface area (Å²) < 4.78 is 10.9. The van der Waals surface area contributed by atoms with Gasteiger partial charge in [0.2, 0.25) is 11.8 Å². The maximum atomic E-state index is 12.2. The number of nitrogens with zero attached hydrogens (tertiary/aromatic N) is 2. The Kier molecular flexibility index (Phi) is 4.01. The fourth-order valence-corrected chi connectivity index (χ4v) is 2.35. The molecule has 21 heavy (non-hydrogen) atoms. The SMILES string of the molecule is O=C1CN(C(=O)c2ccc(OC3CCOC3)nc2)CCN1. The Bertz CT molecular complexity index is 526. The fraction of sp³-hybridized carbons (Fsp3) is 0.500. The van der Waals surface area contributed by atoms with Gasteiger partial charge in [0.25, 0.3) is 5.91 Å². The highest BCUT2D eigenvalue weighted by atomic mass is 16.5. The van der Waals surface area contributed by atoms with Crippen molar-refractivity contribution in [3.05, 3.63) is 23.9 Å². The summed E-state index contributed by atoms with van der Waals surface area (Å²) in [6, 6.07) is 3.35. The maximum absolute atomic E-state index is 12.2. The molecule has 3 rings (SSSR count). The van der Waals surface area contributed by atoms with Gasteiger partial charge in [-0.1, -0.05) is 0 Å². The van der Waals surface area contributed by atoms with Gasteiger partial charge in [-0.2, -0.15) is 0 Å². The molecule has 1 aromatic rings. The Morgan fingerprint density at radius 3 is 3.05 bits per heavy atom. The molecule has 2 aliphatic heterocycles. The summed E-state index contributed by atoms with van der Waals surface area (Å²) >= 11 is 0. The number of piperazine rings is 1. The molecule has 112 valence electrons. The zero-order chi connectivity index (χ0) is 14.7. The van der Waals surface area contributed by atoms with Crippen LogP contribution >= 0.6 is 0 Å². The number of hydrogen-bond donors (Lipinski definition) is 1. The molecule has 0 spiro atoms. The van der Waals surface area contributed by atoms with Crippen LogP contribution in [0.25, 0.3) is 0 Å². The van der Waals surface area contributed by atoms with Crippen LogP contribution in [-0.4, -0.2) is 60.7 Å². The van der Waals surface area contributed by atoms with E-state index in [0.29, 0.717) is 37.7 Å². The molecule has 2 fully saturated rings. The zero-order valence-electron chi connectivity index (χ0n) is 11.6. The van der Waals surface area contributed by atoms with Crippen molar-refractivity contribution in [2.75, 3.05) is 32.8 Å². The van der Waals surface area contributed by atoms with Crippen LogP contribution in [0.1, 0.15) is 16.8 Å². The quantitative estimate of drug-likeness (QED) is 0.835. The first-order valence-corrected chi connectivity index (χ1v) is 6.99. The molecular formula is C14H17N3O4. The molecule has 3 heterocycles. The molecule has 0 bridgehead atoms. The van der Waals surface area contributed by atoms with Gasteiger partial charge in [0.15, 0.2) is 0 Å². The Labute approximate surface area is 122 Å². The summed E-state index contributed by atoms with van der Waals surface area (Å²) in [6.45, 7) is 2.38. The number of ether oxygens (including phenoxy) is 2. The smallest absolute Gasteiger partial charge is 0.255 e. The van der Waals surface area contributed by atoms with E-state index in [9.17, 15) is 9.59 Å². The number of pyridine rings is 1. The van der Waals surface area contributed by atoms with Crippen LogP contribution in [0.15, 0.2) is 18.3 Å². The van der Waals surface area contributed by atoms with E-state index in [1.807, 2.05) is 0 Å². The monoisotopic (exact) mass is 291 g/mol. The maximum Gasteiger partial charge on any atom is 0.255 e. The molecule has 0 aliphatic carbocycles. The Morgan fingerprint density at radius 1 is 1.48 bits per heavy atom. The van der Waals surface area contributed by atoms with Gasteiger partial charge in [0.1, 0.15) is 6.10 Å². The number of carbonyl (C=O) groups is 2. The van der Waals surface area contributed by atoms with Crippen molar-refractivity contribution in [1.82, 2.24) is 15.2 Å². The highest BCUT2D eigenvalue weighted by molar-refractivity contribution is 5.96. The van der Waals surface area contributed by atoms with Crippen LogP contribution in [0.2, 0.25) is 0 Å². The molecule has 2 amide bonds. The van der Waals surface area contributed by atoms with E-state index in [2.05, 4.69) is 10.3 Å². The predicted octanol–water partition coefficient (Wildman–Crippen LogP) is -0.179. The van der Waals surface area contributed by atoms with E-state index in [1.54, 1.807) is 12.1 Å². The largest absolute Gasteiger partial charge is 0.472 e. The standard InChI is InChI=1S/C14H17N3O4/c18-12-8-17(5-4-15-12)14(19)10-1-2-13(16-7-10)21-11-3-6-20-9-11/h1-2,7,11H,3-6,8-9H2,(H,15,18). The van der Waals surface area contributed by atoms with Crippen molar-refractivity contribution in [3.8, 4) is 5.88 Å². The third kappa shape index (κ3) is 3.30. The summed E-state index contributed by atoms with van der Waals surface area (Å²) in [4.78, 5) is 29.2. The summed E-state index contributed by atoms with van der Waals surface area (Å²) in [5, 5.41) is 2.69. The molecule has 0 radical (unpaired) electrons. The molecular weight excluding hydrogens is 274 g/mol. The number of carbonyl (C=O) groups excluding carboxylic acids is 2. The molecule has 1 unspecified atom stereocenters. The number of amides is 2. The van der Waals surface area contributed by atoms with Gasteiger partial charge in [-0.05, 0) is 6.07 Å². The predicted molar refractivity (Wildman–Crippen MR) is 73.0 cm³/mol. The first-order chi connectivity index (χ1) is 10.2. The highest BCUT2D eigenvalue weighted by Gasteiger charge is 2.23. The minimum atomic E-state index is -0.187. The van der Waals surface area contributed by atoms with E-state index < -0.39 is 0 Å². The van der Waals surface area contributed by atoms with Crippen molar-refractivity contribution >= 4 is 11.8 Å². The van der Waals surface area contributed by atoms with Gasteiger partial charge in [-0.15, -0.1) is 0 Å². The lowest BCUT2D eigenvalue weighted by Gasteiger charge is -2.26. The number of nitrogens with one attached hydrogen (secondary N) is 1. The van der Waals surface area contributed by atoms with E-state index >= 15 is 0 Å². The number of hydrogen-bond acceptors (Lipinski definition) is 5. The lowest BCUT2D eigenvalue weighted by Crippen LogP contribution is -2.49. The van der Waals surface area contributed by atoms with Crippen LogP contribution in [0.5, 0.6) is 5.88 Å². The van der Waals surface area contributed by atoms with Gasteiger partial charge >= 0.3 is 0 Å². The molecule has 0 aromatic carbocycles. The van der Waals surface area contributed by atoms with Crippen molar-refractivity contribution < 1.29 is 19.1 Å². The fourth-order valence-electron chi connectivity index (χ4n) is 2.35. The Balaban J connectivity index is 1.62. The second-order valence-corrected chi connectivity index (χ2v) is 5.07. The van der Waals surface area contributed by atoms with Crippen molar-refractivity contribution in [3.63, 3.8) is 0 Å². The topological polar surface area (TPSA) is 80.8 Å². The molecule has 2 aliphatic rings. The van der Waals surface area contributed by atoms with Crippen molar-refractivity contribution in [2.45, 2.75) is 12.5 Å². The minimum Gasteiger partial charge on any atom is -0.472 e. The van der Waals surface area contributed by atoms with Gasteiger partial charge in [-0.25, -0.2) is 4.98 Å². The van der Waals surface area contributed by atoms with E-state index in [4.69, 9.17) is 9.47 Å². The first-order valence-electron chi connectivity index (χ1n) is 6.99. The summed E-state index contributed by atoms with van der Waals surface area (Å²) in [5.41, 5.74) is 0.458. The number of aromatic nitrogens is 1. The van der Waals surface area contributed by atoms with Crippen LogP contribution in [0.4, 0.5) is 0 Å². The van der Waals surface area contributed by atoms with Gasteiger partial charge in [0, 0.05) is 31.8 Å². The second-order valence-electron chi connectivity index (χ2n) is 5.07.